The third kappa shape index (κ3) is 6.47. The van der Waals surface area contributed by atoms with E-state index in [9.17, 15) is 9.59 Å². The average molecular weight is 555 g/mol. The number of ether oxygens (including phenoxy) is 1. The van der Waals surface area contributed by atoms with Gasteiger partial charge in [0, 0.05) is 29.3 Å². The number of methoxy groups -OCH3 is 1. The van der Waals surface area contributed by atoms with Crippen molar-refractivity contribution >= 4 is 17.5 Å². The number of rotatable bonds is 9. The lowest BCUT2D eigenvalue weighted by Crippen LogP contribution is -2.50. The Labute approximate surface area is 238 Å². The first-order valence-corrected chi connectivity index (χ1v) is 13.7. The number of nitrogens with zero attached hydrogens (tertiary/aromatic N) is 5. The van der Waals surface area contributed by atoms with E-state index < -0.39 is 11.9 Å². The number of tetrazole rings is 1. The third-order valence-corrected chi connectivity index (χ3v) is 7.70. The van der Waals surface area contributed by atoms with Gasteiger partial charge in [-0.2, -0.15) is 5.21 Å². The Bertz CT molecular complexity index is 1430. The van der Waals surface area contributed by atoms with Crippen LogP contribution in [0.3, 0.4) is 0 Å². The van der Waals surface area contributed by atoms with Crippen LogP contribution in [0.4, 0.5) is 5.69 Å². The van der Waals surface area contributed by atoms with Crippen molar-refractivity contribution in [3.05, 3.63) is 72.4 Å². The first kappa shape index (κ1) is 28.1. The molecule has 5 rings (SSSR count). The number of hydrogen-bond donors (Lipinski definition) is 3. The van der Waals surface area contributed by atoms with E-state index >= 15 is 0 Å². The zero-order valence-electron chi connectivity index (χ0n) is 22.9. The highest BCUT2D eigenvalue weighted by Gasteiger charge is 2.35. The highest BCUT2D eigenvalue weighted by Crippen LogP contribution is 2.32. The molecule has 0 spiro atoms. The highest BCUT2D eigenvalue weighted by molar-refractivity contribution is 6.17. The molecule has 212 valence electrons. The smallest absolute Gasteiger partial charge is 0.251 e. The molecule has 1 aliphatic carbocycles. The molecule has 0 bridgehead atoms. The Morgan fingerprint density at radius 1 is 0.976 bits per heavy atom. The molecule has 11 heteroatoms. The predicted molar refractivity (Wildman–Crippen MR) is 155 cm³/mol. The van der Waals surface area contributed by atoms with E-state index in [1.165, 1.54) is 4.90 Å². The lowest BCUT2D eigenvalue weighted by atomic mass is 9.81. The molecule has 0 saturated heterocycles. The summed E-state index contributed by atoms with van der Waals surface area (Å²) >= 11 is 0. The van der Waals surface area contributed by atoms with Gasteiger partial charge in [0.2, 0.25) is 17.6 Å². The standard InChI is InChI=1S/C30H34N8O3/c1-41-27-15-12-24(18-33-27)21-6-2-19(3-7-21)16-26(32)30(40)38(29(39)23-8-4-20(17-31)5-9-23)25-13-10-22(11-14-25)28-34-36-37-35-28/h2-3,6-7,10-15,18,20,23,26H,4-5,8-9,16-17,31-32H2,1H3,(H,34,35,36,37)/t20-,23-,26-/m0/s1. The van der Waals surface area contributed by atoms with Gasteiger partial charge in [-0.1, -0.05) is 24.3 Å². The van der Waals surface area contributed by atoms with Crippen LogP contribution in [0.15, 0.2) is 66.9 Å². The zero-order valence-corrected chi connectivity index (χ0v) is 22.9. The Morgan fingerprint density at radius 3 is 2.24 bits per heavy atom. The second-order valence-corrected chi connectivity index (χ2v) is 10.3. The molecule has 2 aromatic heterocycles. The molecule has 1 aliphatic rings. The number of carbonyl (C=O) groups excluding carboxylic acids is 2. The van der Waals surface area contributed by atoms with Gasteiger partial charge in [0.1, 0.15) is 0 Å². The molecular formula is C30H34N8O3. The van der Waals surface area contributed by atoms with E-state index in [1.807, 2.05) is 30.3 Å². The number of aromatic amines is 1. The van der Waals surface area contributed by atoms with Crippen molar-refractivity contribution in [3.63, 3.8) is 0 Å². The SMILES string of the molecule is COc1ccc(-c2ccc(C[C@H](N)C(=O)N(c3ccc(-c4nn[nH]n4)cc3)C(=O)[C@H]3CC[C@H](CN)CC3)cc2)cn1. The van der Waals surface area contributed by atoms with E-state index in [2.05, 4.69) is 25.6 Å². The normalized spacial score (nSPS) is 17.5. The largest absolute Gasteiger partial charge is 0.481 e. The molecule has 41 heavy (non-hydrogen) atoms. The van der Waals surface area contributed by atoms with Crippen LogP contribution in [0.1, 0.15) is 31.2 Å². The van der Waals surface area contributed by atoms with Gasteiger partial charge in [-0.25, -0.2) is 9.88 Å². The molecule has 11 nitrogen and oxygen atoms in total. The summed E-state index contributed by atoms with van der Waals surface area (Å²) in [5.41, 5.74) is 16.3. The zero-order chi connectivity index (χ0) is 28.8. The summed E-state index contributed by atoms with van der Waals surface area (Å²) in [4.78, 5) is 33.1. The monoisotopic (exact) mass is 554 g/mol. The van der Waals surface area contributed by atoms with Crippen LogP contribution < -0.4 is 21.1 Å². The van der Waals surface area contributed by atoms with Gasteiger partial charge in [0.15, 0.2) is 0 Å². The van der Waals surface area contributed by atoms with Crippen LogP contribution in [-0.4, -0.2) is 57.1 Å². The van der Waals surface area contributed by atoms with Crippen molar-refractivity contribution in [1.82, 2.24) is 25.6 Å². The van der Waals surface area contributed by atoms with Crippen molar-refractivity contribution in [2.24, 2.45) is 23.3 Å². The molecule has 1 atom stereocenters. The van der Waals surface area contributed by atoms with Crippen molar-refractivity contribution in [2.75, 3.05) is 18.6 Å². The van der Waals surface area contributed by atoms with Crippen LogP contribution in [0, 0.1) is 11.8 Å². The minimum absolute atomic E-state index is 0.226. The number of carbonyl (C=O) groups is 2. The maximum Gasteiger partial charge on any atom is 0.251 e. The average Bonchev–Trinajstić information content (AvgIpc) is 3.57. The fourth-order valence-electron chi connectivity index (χ4n) is 5.25. The molecule has 4 aromatic rings. The van der Waals surface area contributed by atoms with E-state index in [4.69, 9.17) is 16.2 Å². The Kier molecular flexibility index (Phi) is 8.76. The van der Waals surface area contributed by atoms with E-state index in [-0.39, 0.29) is 18.2 Å². The molecule has 2 aromatic carbocycles. The number of benzene rings is 2. The number of nitrogens with two attached hydrogens (primary N) is 2. The Hall–Kier alpha value is -4.48. The van der Waals surface area contributed by atoms with Gasteiger partial charge in [0.25, 0.3) is 5.91 Å². The van der Waals surface area contributed by atoms with E-state index in [1.54, 1.807) is 43.6 Å². The Balaban J connectivity index is 1.34. The van der Waals surface area contributed by atoms with Gasteiger partial charge < -0.3 is 16.2 Å². The third-order valence-electron chi connectivity index (χ3n) is 7.70. The van der Waals surface area contributed by atoms with E-state index in [0.29, 0.717) is 48.3 Å². The minimum Gasteiger partial charge on any atom is -0.481 e. The quantitative estimate of drug-likeness (QED) is 0.282. The van der Waals surface area contributed by atoms with E-state index in [0.717, 1.165) is 29.5 Å². The van der Waals surface area contributed by atoms with Gasteiger partial charge in [-0.15, -0.1) is 10.2 Å². The maximum atomic E-state index is 13.8. The van der Waals surface area contributed by atoms with Crippen LogP contribution in [0.2, 0.25) is 0 Å². The number of aromatic nitrogens is 5. The number of pyridine rings is 1. The van der Waals surface area contributed by atoms with Crippen molar-refractivity contribution < 1.29 is 14.3 Å². The summed E-state index contributed by atoms with van der Waals surface area (Å²) < 4.78 is 5.13. The summed E-state index contributed by atoms with van der Waals surface area (Å²) in [5, 5.41) is 14.0. The number of anilines is 1. The topological polar surface area (TPSA) is 166 Å². The first-order chi connectivity index (χ1) is 20.0. The number of nitrogens with one attached hydrogen (secondary N) is 1. The fraction of sp³-hybridized carbons (Fsp3) is 0.333. The maximum absolute atomic E-state index is 13.8. The van der Waals surface area contributed by atoms with Crippen LogP contribution >= 0.6 is 0 Å². The number of H-pyrrole nitrogens is 1. The van der Waals surface area contributed by atoms with Gasteiger partial charge in [-0.3, -0.25) is 9.59 Å². The second-order valence-electron chi connectivity index (χ2n) is 10.3. The van der Waals surface area contributed by atoms with Crippen LogP contribution in [-0.2, 0) is 16.0 Å². The number of amides is 2. The van der Waals surface area contributed by atoms with Crippen LogP contribution in [0.25, 0.3) is 22.5 Å². The van der Waals surface area contributed by atoms with Crippen LogP contribution in [0.5, 0.6) is 5.88 Å². The van der Waals surface area contributed by atoms with Crippen molar-refractivity contribution in [1.29, 1.82) is 0 Å². The molecule has 1 fully saturated rings. The summed E-state index contributed by atoms with van der Waals surface area (Å²) in [5.74, 6) is 0.458. The second kappa shape index (κ2) is 12.8. The molecule has 2 amide bonds. The molecule has 0 radical (unpaired) electrons. The molecule has 5 N–H and O–H groups in total. The molecule has 2 heterocycles. The predicted octanol–water partition coefficient (Wildman–Crippen LogP) is 3.13. The Morgan fingerprint density at radius 2 is 1.66 bits per heavy atom. The first-order valence-electron chi connectivity index (χ1n) is 13.7. The molecule has 0 unspecified atom stereocenters. The lowest BCUT2D eigenvalue weighted by molar-refractivity contribution is -0.130. The molecule has 1 saturated carbocycles. The molecular weight excluding hydrogens is 520 g/mol. The summed E-state index contributed by atoms with van der Waals surface area (Å²) in [7, 11) is 1.58. The number of hydrogen-bond acceptors (Lipinski definition) is 9. The van der Waals surface area contributed by atoms with Gasteiger partial charge in [-0.05, 0) is 91.2 Å². The highest BCUT2D eigenvalue weighted by atomic mass is 16.5. The van der Waals surface area contributed by atoms with Gasteiger partial charge in [0.05, 0.1) is 18.8 Å². The minimum atomic E-state index is -0.912. The fourth-order valence-corrected chi connectivity index (χ4v) is 5.25. The molecule has 0 aliphatic heterocycles. The summed E-state index contributed by atoms with van der Waals surface area (Å²) in [6.07, 6.45) is 5.16. The van der Waals surface area contributed by atoms with Gasteiger partial charge >= 0.3 is 0 Å². The van der Waals surface area contributed by atoms with Crippen molar-refractivity contribution in [3.8, 4) is 28.4 Å². The summed E-state index contributed by atoms with van der Waals surface area (Å²) in [6.45, 7) is 0.611. The van der Waals surface area contributed by atoms with Crippen molar-refractivity contribution in [2.45, 2.75) is 38.1 Å². The lowest BCUT2D eigenvalue weighted by Gasteiger charge is -2.32. The number of imide groups is 1. The summed E-state index contributed by atoms with van der Waals surface area (Å²) in [6, 6.07) is 17.6.